The number of halogens is 4. The minimum atomic E-state index is -4.47. The SMILES string of the molecule is N#C/C(=C\c1ccc(O)c(Br)c1)c1ccc(C(F)(F)F)cn1. The van der Waals surface area contributed by atoms with E-state index < -0.39 is 11.7 Å². The Labute approximate surface area is 132 Å². The van der Waals surface area contributed by atoms with Crippen LogP contribution in [0.5, 0.6) is 5.75 Å². The third-order valence-electron chi connectivity index (χ3n) is 2.77. The first-order valence-corrected chi connectivity index (χ1v) is 6.74. The molecule has 0 bridgehead atoms. The van der Waals surface area contributed by atoms with Crippen LogP contribution in [0, 0.1) is 11.3 Å². The van der Waals surface area contributed by atoms with Gasteiger partial charge in [-0.05, 0) is 51.8 Å². The lowest BCUT2D eigenvalue weighted by molar-refractivity contribution is -0.137. The van der Waals surface area contributed by atoms with Gasteiger partial charge in [0.2, 0.25) is 0 Å². The zero-order chi connectivity index (χ0) is 16.3. The molecule has 22 heavy (non-hydrogen) atoms. The standard InChI is InChI=1S/C15H8BrF3N2O/c16-12-6-9(1-4-14(12)22)5-10(7-20)13-3-2-11(8-21-13)15(17,18)19/h1-6,8,22H/b10-5+. The highest BCUT2D eigenvalue weighted by Gasteiger charge is 2.30. The third-order valence-corrected chi connectivity index (χ3v) is 3.41. The largest absolute Gasteiger partial charge is 0.507 e. The molecule has 7 heteroatoms. The van der Waals surface area contributed by atoms with Crippen molar-refractivity contribution in [3.63, 3.8) is 0 Å². The van der Waals surface area contributed by atoms with Crippen LogP contribution in [-0.2, 0) is 6.18 Å². The highest BCUT2D eigenvalue weighted by molar-refractivity contribution is 9.10. The summed E-state index contributed by atoms with van der Waals surface area (Å²) in [4.78, 5) is 3.68. The van der Waals surface area contributed by atoms with Crippen LogP contribution in [0.25, 0.3) is 11.6 Å². The summed E-state index contributed by atoms with van der Waals surface area (Å²) in [6.07, 6.45) is -2.31. The van der Waals surface area contributed by atoms with E-state index in [2.05, 4.69) is 20.9 Å². The fourth-order valence-corrected chi connectivity index (χ4v) is 2.06. The summed E-state index contributed by atoms with van der Waals surface area (Å²) in [6, 6.07) is 8.51. The van der Waals surface area contributed by atoms with Gasteiger partial charge in [0.1, 0.15) is 11.8 Å². The predicted molar refractivity (Wildman–Crippen MR) is 78.5 cm³/mol. The molecule has 1 aromatic heterocycles. The average Bonchev–Trinajstić information content (AvgIpc) is 2.47. The number of phenolic OH excluding ortho intramolecular Hbond substituents is 1. The molecule has 3 nitrogen and oxygen atoms in total. The number of benzene rings is 1. The topological polar surface area (TPSA) is 56.9 Å². The number of aromatic nitrogens is 1. The Morgan fingerprint density at radius 1 is 1.27 bits per heavy atom. The lowest BCUT2D eigenvalue weighted by atomic mass is 10.1. The summed E-state index contributed by atoms with van der Waals surface area (Å²) < 4.78 is 37.9. The summed E-state index contributed by atoms with van der Waals surface area (Å²) in [5.74, 6) is 0.0447. The van der Waals surface area contributed by atoms with Crippen LogP contribution in [0.4, 0.5) is 13.2 Å². The van der Waals surface area contributed by atoms with Gasteiger partial charge in [-0.3, -0.25) is 4.98 Å². The maximum Gasteiger partial charge on any atom is 0.417 e. The van der Waals surface area contributed by atoms with E-state index in [0.29, 0.717) is 16.2 Å². The monoisotopic (exact) mass is 368 g/mol. The van der Waals surface area contributed by atoms with E-state index in [4.69, 9.17) is 5.26 Å². The van der Waals surface area contributed by atoms with Gasteiger partial charge in [0.05, 0.1) is 21.3 Å². The number of phenols is 1. The first-order valence-electron chi connectivity index (χ1n) is 5.95. The van der Waals surface area contributed by atoms with E-state index in [1.54, 1.807) is 12.1 Å². The molecule has 0 unspecified atom stereocenters. The molecule has 0 saturated heterocycles. The van der Waals surface area contributed by atoms with Crippen LogP contribution >= 0.6 is 15.9 Å². The van der Waals surface area contributed by atoms with Gasteiger partial charge in [-0.15, -0.1) is 0 Å². The molecule has 0 atom stereocenters. The Morgan fingerprint density at radius 3 is 2.50 bits per heavy atom. The first kappa shape index (κ1) is 16.0. The van der Waals surface area contributed by atoms with Crippen molar-refractivity contribution in [2.24, 2.45) is 0 Å². The van der Waals surface area contributed by atoms with Crippen LogP contribution in [0.2, 0.25) is 0 Å². The van der Waals surface area contributed by atoms with Gasteiger partial charge >= 0.3 is 6.18 Å². The molecule has 0 aliphatic rings. The van der Waals surface area contributed by atoms with E-state index in [0.717, 1.165) is 12.1 Å². The number of hydrogen-bond acceptors (Lipinski definition) is 3. The van der Waals surface area contributed by atoms with E-state index in [-0.39, 0.29) is 17.0 Å². The van der Waals surface area contributed by atoms with Gasteiger partial charge in [0.15, 0.2) is 0 Å². The number of pyridine rings is 1. The number of aromatic hydroxyl groups is 1. The summed E-state index contributed by atoms with van der Waals surface area (Å²) in [5.41, 5.74) is -0.0187. The molecule has 0 aliphatic heterocycles. The fraction of sp³-hybridized carbons (Fsp3) is 0.0667. The van der Waals surface area contributed by atoms with E-state index in [1.807, 2.05) is 6.07 Å². The molecule has 1 heterocycles. The number of nitriles is 1. The molecule has 0 amide bonds. The van der Waals surface area contributed by atoms with Crippen molar-refractivity contribution in [3.05, 3.63) is 57.8 Å². The average molecular weight is 369 g/mol. The number of nitrogens with zero attached hydrogens (tertiary/aromatic N) is 2. The Kier molecular flexibility index (Phi) is 4.52. The fourth-order valence-electron chi connectivity index (χ4n) is 1.66. The van der Waals surface area contributed by atoms with Crippen molar-refractivity contribution in [3.8, 4) is 11.8 Å². The van der Waals surface area contributed by atoms with Crippen LogP contribution in [-0.4, -0.2) is 10.1 Å². The molecule has 0 fully saturated rings. The number of hydrogen-bond donors (Lipinski definition) is 1. The summed E-state index contributed by atoms with van der Waals surface area (Å²) in [5, 5.41) is 18.6. The Balaban J connectivity index is 2.37. The second kappa shape index (κ2) is 6.20. The number of rotatable bonds is 2. The number of allylic oxidation sites excluding steroid dienone is 1. The zero-order valence-corrected chi connectivity index (χ0v) is 12.5. The minimum absolute atomic E-state index is 0.0447. The van der Waals surface area contributed by atoms with Gasteiger partial charge in [0, 0.05) is 6.20 Å². The summed E-state index contributed by atoms with van der Waals surface area (Å²) in [6.45, 7) is 0. The maximum atomic E-state index is 12.5. The second-order valence-electron chi connectivity index (χ2n) is 4.31. The van der Waals surface area contributed by atoms with Crippen molar-refractivity contribution in [1.82, 2.24) is 4.98 Å². The normalized spacial score (nSPS) is 12.0. The lowest BCUT2D eigenvalue weighted by Gasteiger charge is -2.06. The van der Waals surface area contributed by atoms with E-state index >= 15 is 0 Å². The first-order chi connectivity index (χ1) is 10.3. The molecular formula is C15H8BrF3N2O. The van der Waals surface area contributed by atoms with Gasteiger partial charge in [-0.1, -0.05) is 6.07 Å². The van der Waals surface area contributed by atoms with Crippen molar-refractivity contribution < 1.29 is 18.3 Å². The highest BCUT2D eigenvalue weighted by atomic mass is 79.9. The quantitative estimate of drug-likeness (QED) is 0.786. The van der Waals surface area contributed by atoms with Crippen molar-refractivity contribution in [2.45, 2.75) is 6.18 Å². The Hall–Kier alpha value is -2.33. The number of alkyl halides is 3. The van der Waals surface area contributed by atoms with E-state index in [1.165, 1.54) is 12.1 Å². The molecule has 0 saturated carbocycles. The van der Waals surface area contributed by atoms with Crippen molar-refractivity contribution in [2.75, 3.05) is 0 Å². The highest BCUT2D eigenvalue weighted by Crippen LogP contribution is 2.30. The van der Waals surface area contributed by atoms with Crippen molar-refractivity contribution in [1.29, 1.82) is 5.26 Å². The van der Waals surface area contributed by atoms with Crippen LogP contribution in [0.1, 0.15) is 16.8 Å². The molecular weight excluding hydrogens is 361 g/mol. The minimum Gasteiger partial charge on any atom is -0.507 e. The molecule has 1 N–H and O–H groups in total. The van der Waals surface area contributed by atoms with E-state index in [9.17, 15) is 18.3 Å². The Bertz CT molecular complexity index is 762. The predicted octanol–water partition coefficient (Wildman–Crippen LogP) is 4.63. The zero-order valence-electron chi connectivity index (χ0n) is 10.9. The third kappa shape index (κ3) is 3.65. The maximum absolute atomic E-state index is 12.5. The molecule has 2 rings (SSSR count). The lowest BCUT2D eigenvalue weighted by Crippen LogP contribution is -2.05. The van der Waals surface area contributed by atoms with Crippen LogP contribution in [0.3, 0.4) is 0 Å². The molecule has 2 aromatic rings. The van der Waals surface area contributed by atoms with Crippen molar-refractivity contribution >= 4 is 27.6 Å². The van der Waals surface area contributed by atoms with Crippen LogP contribution < -0.4 is 0 Å². The van der Waals surface area contributed by atoms with Gasteiger partial charge in [-0.2, -0.15) is 18.4 Å². The molecule has 0 spiro atoms. The molecule has 1 aromatic carbocycles. The molecule has 112 valence electrons. The van der Waals surface area contributed by atoms with Gasteiger partial charge in [-0.25, -0.2) is 0 Å². The van der Waals surface area contributed by atoms with Crippen LogP contribution in [0.15, 0.2) is 41.0 Å². The Morgan fingerprint density at radius 2 is 2.00 bits per heavy atom. The summed E-state index contributed by atoms with van der Waals surface area (Å²) in [7, 11) is 0. The van der Waals surface area contributed by atoms with Gasteiger partial charge < -0.3 is 5.11 Å². The van der Waals surface area contributed by atoms with Gasteiger partial charge in [0.25, 0.3) is 0 Å². The molecule has 0 aliphatic carbocycles. The second-order valence-corrected chi connectivity index (χ2v) is 5.16. The summed E-state index contributed by atoms with van der Waals surface area (Å²) >= 11 is 3.14. The molecule has 0 radical (unpaired) electrons. The smallest absolute Gasteiger partial charge is 0.417 e.